The van der Waals surface area contributed by atoms with Crippen LogP contribution in [0.4, 0.5) is 0 Å². The molecule has 0 aromatic carbocycles. The summed E-state index contributed by atoms with van der Waals surface area (Å²) in [6.45, 7) is 4.60. The Balaban J connectivity index is 2.77. The molecule has 1 aromatic heterocycles. The topological polar surface area (TPSA) is 72.0 Å². The van der Waals surface area contributed by atoms with Gasteiger partial charge in [0, 0.05) is 0 Å². The molecule has 1 aromatic rings. The molecule has 0 spiro atoms. The number of nitrogens with two attached hydrogens (primary N) is 1. The van der Waals surface area contributed by atoms with Crippen LogP contribution in [-0.4, -0.2) is 17.4 Å². The zero-order valence-corrected chi connectivity index (χ0v) is 8.57. The van der Waals surface area contributed by atoms with Crippen LogP contribution in [0, 0.1) is 12.3 Å². The summed E-state index contributed by atoms with van der Waals surface area (Å²) >= 11 is 1.39. The van der Waals surface area contributed by atoms with Gasteiger partial charge >= 0.3 is 0 Å². The lowest BCUT2D eigenvalue weighted by Crippen LogP contribution is -2.10. The first-order chi connectivity index (χ1) is 6.15. The van der Waals surface area contributed by atoms with Gasteiger partial charge < -0.3 is 10.5 Å². The molecule has 0 fully saturated rings. The van der Waals surface area contributed by atoms with Gasteiger partial charge in [-0.25, -0.2) is 0 Å². The molecule has 3 N–H and O–H groups in total. The highest BCUT2D eigenvalue weighted by Gasteiger charge is 2.09. The lowest BCUT2D eigenvalue weighted by molar-refractivity contribution is 0.305. The second-order valence-electron chi connectivity index (χ2n) is 2.64. The molecular weight excluding hydrogens is 186 g/mol. The second-order valence-corrected chi connectivity index (χ2v) is 3.85. The predicted octanol–water partition coefficient (Wildman–Crippen LogP) is 1.52. The van der Waals surface area contributed by atoms with E-state index in [-0.39, 0.29) is 5.84 Å². The van der Waals surface area contributed by atoms with Crippen molar-refractivity contribution in [1.82, 2.24) is 4.98 Å². The molecule has 5 heteroatoms. The Morgan fingerprint density at radius 2 is 2.38 bits per heavy atom. The van der Waals surface area contributed by atoms with E-state index in [0.29, 0.717) is 17.5 Å². The standard InChI is InChI=1S/C8H13N3OS/c1-3-4-12-7-5(2)13-8(11-7)6(9)10/h3-4H2,1-2H3,(H3,9,10). The SMILES string of the molecule is CCCOc1nc(C(=N)N)sc1C. The molecule has 0 bridgehead atoms. The number of hydrogen-bond acceptors (Lipinski definition) is 4. The van der Waals surface area contributed by atoms with Crippen molar-refractivity contribution in [1.29, 1.82) is 5.41 Å². The van der Waals surface area contributed by atoms with Gasteiger partial charge in [0.1, 0.15) is 0 Å². The summed E-state index contributed by atoms with van der Waals surface area (Å²) in [6.07, 6.45) is 0.951. The number of nitrogens with one attached hydrogen (secondary N) is 1. The van der Waals surface area contributed by atoms with Gasteiger partial charge in [-0.3, -0.25) is 5.41 Å². The summed E-state index contributed by atoms with van der Waals surface area (Å²) in [5.74, 6) is 0.608. The van der Waals surface area contributed by atoms with E-state index in [4.69, 9.17) is 15.9 Å². The van der Waals surface area contributed by atoms with Gasteiger partial charge in [0.15, 0.2) is 10.8 Å². The maximum atomic E-state index is 7.19. The number of nitrogen functional groups attached to an aromatic ring is 1. The monoisotopic (exact) mass is 199 g/mol. The van der Waals surface area contributed by atoms with E-state index in [1.807, 2.05) is 13.8 Å². The van der Waals surface area contributed by atoms with E-state index >= 15 is 0 Å². The summed E-state index contributed by atoms with van der Waals surface area (Å²) in [4.78, 5) is 5.06. The average Bonchev–Trinajstić information content (AvgIpc) is 2.44. The van der Waals surface area contributed by atoms with Gasteiger partial charge in [-0.2, -0.15) is 4.98 Å². The van der Waals surface area contributed by atoms with Gasteiger partial charge in [-0.1, -0.05) is 6.92 Å². The molecule has 0 aliphatic heterocycles. The molecule has 0 aliphatic carbocycles. The Bertz CT molecular complexity index is 308. The van der Waals surface area contributed by atoms with Crippen molar-refractivity contribution in [2.24, 2.45) is 5.73 Å². The van der Waals surface area contributed by atoms with Gasteiger partial charge in [0.2, 0.25) is 5.88 Å². The van der Waals surface area contributed by atoms with Crippen LogP contribution in [0.3, 0.4) is 0 Å². The van der Waals surface area contributed by atoms with Crippen molar-refractivity contribution in [3.05, 3.63) is 9.88 Å². The number of ether oxygens (including phenoxy) is 1. The molecular formula is C8H13N3OS. The highest BCUT2D eigenvalue weighted by Crippen LogP contribution is 2.23. The Labute approximate surface area is 81.3 Å². The Morgan fingerprint density at radius 3 is 2.85 bits per heavy atom. The van der Waals surface area contributed by atoms with Gasteiger partial charge in [0.25, 0.3) is 0 Å². The molecule has 0 radical (unpaired) electrons. The number of aromatic nitrogens is 1. The zero-order valence-electron chi connectivity index (χ0n) is 7.76. The molecule has 0 saturated heterocycles. The van der Waals surface area contributed by atoms with Crippen molar-refractivity contribution >= 4 is 17.2 Å². The molecule has 13 heavy (non-hydrogen) atoms. The number of rotatable bonds is 4. The van der Waals surface area contributed by atoms with Crippen LogP contribution >= 0.6 is 11.3 Å². The van der Waals surface area contributed by atoms with Crippen molar-refractivity contribution in [2.45, 2.75) is 20.3 Å². The van der Waals surface area contributed by atoms with Gasteiger partial charge in [-0.15, -0.1) is 11.3 Å². The van der Waals surface area contributed by atoms with Crippen molar-refractivity contribution < 1.29 is 4.74 Å². The quantitative estimate of drug-likeness (QED) is 0.570. The summed E-state index contributed by atoms with van der Waals surface area (Å²) < 4.78 is 5.36. The largest absolute Gasteiger partial charge is 0.477 e. The van der Waals surface area contributed by atoms with Crippen molar-refractivity contribution in [3.63, 3.8) is 0 Å². The Hall–Kier alpha value is -1.10. The van der Waals surface area contributed by atoms with Crippen LogP contribution in [0.1, 0.15) is 23.2 Å². The maximum absolute atomic E-state index is 7.19. The molecule has 0 unspecified atom stereocenters. The summed E-state index contributed by atoms with van der Waals surface area (Å²) in [5.41, 5.74) is 5.30. The van der Waals surface area contributed by atoms with E-state index in [0.717, 1.165) is 11.3 Å². The van der Waals surface area contributed by atoms with Crippen LogP contribution < -0.4 is 10.5 Å². The second kappa shape index (κ2) is 4.23. The minimum atomic E-state index is -0.000511. The van der Waals surface area contributed by atoms with Crippen LogP contribution in [0.25, 0.3) is 0 Å². The fraction of sp³-hybridized carbons (Fsp3) is 0.500. The van der Waals surface area contributed by atoms with E-state index in [1.54, 1.807) is 0 Å². The van der Waals surface area contributed by atoms with Crippen molar-refractivity contribution in [3.8, 4) is 5.88 Å². The van der Waals surface area contributed by atoms with Crippen LogP contribution in [0.15, 0.2) is 0 Å². The van der Waals surface area contributed by atoms with Gasteiger partial charge in [0.05, 0.1) is 11.5 Å². The minimum absolute atomic E-state index is 0.000511. The highest BCUT2D eigenvalue weighted by atomic mass is 32.1. The number of amidine groups is 1. The predicted molar refractivity (Wildman–Crippen MR) is 53.7 cm³/mol. The molecule has 1 heterocycles. The van der Waals surface area contributed by atoms with E-state index in [9.17, 15) is 0 Å². The average molecular weight is 199 g/mol. The number of aryl methyl sites for hydroxylation is 1. The summed E-state index contributed by atoms with van der Waals surface area (Å²) in [6, 6.07) is 0. The first-order valence-electron chi connectivity index (χ1n) is 4.09. The molecule has 1 rings (SSSR count). The number of hydrogen-bond donors (Lipinski definition) is 2. The summed E-state index contributed by atoms with van der Waals surface area (Å²) in [7, 11) is 0. The fourth-order valence-electron chi connectivity index (χ4n) is 0.830. The molecule has 0 amide bonds. The fourth-order valence-corrected chi connectivity index (χ4v) is 1.55. The molecule has 4 nitrogen and oxygen atoms in total. The third kappa shape index (κ3) is 2.42. The van der Waals surface area contributed by atoms with E-state index in [1.165, 1.54) is 11.3 Å². The third-order valence-electron chi connectivity index (χ3n) is 1.43. The minimum Gasteiger partial charge on any atom is -0.477 e. The Morgan fingerprint density at radius 1 is 1.69 bits per heavy atom. The smallest absolute Gasteiger partial charge is 0.228 e. The molecule has 0 atom stereocenters. The number of thiazole rings is 1. The molecule has 72 valence electrons. The van der Waals surface area contributed by atoms with E-state index < -0.39 is 0 Å². The molecule has 0 saturated carbocycles. The highest BCUT2D eigenvalue weighted by molar-refractivity contribution is 7.13. The van der Waals surface area contributed by atoms with Crippen molar-refractivity contribution in [2.75, 3.05) is 6.61 Å². The maximum Gasteiger partial charge on any atom is 0.228 e. The normalized spacial score (nSPS) is 10.0. The third-order valence-corrected chi connectivity index (χ3v) is 2.41. The van der Waals surface area contributed by atoms with Crippen LogP contribution in [0.5, 0.6) is 5.88 Å². The zero-order chi connectivity index (χ0) is 9.84. The number of nitrogens with zero attached hydrogens (tertiary/aromatic N) is 1. The molecule has 0 aliphatic rings. The van der Waals surface area contributed by atoms with E-state index in [2.05, 4.69) is 4.98 Å². The van der Waals surface area contributed by atoms with Crippen LogP contribution in [-0.2, 0) is 0 Å². The lowest BCUT2D eigenvalue weighted by Gasteiger charge is -1.99. The first-order valence-corrected chi connectivity index (χ1v) is 4.91. The van der Waals surface area contributed by atoms with Crippen LogP contribution in [0.2, 0.25) is 0 Å². The van der Waals surface area contributed by atoms with Gasteiger partial charge in [-0.05, 0) is 13.3 Å². The summed E-state index contributed by atoms with van der Waals surface area (Å²) in [5, 5.41) is 7.72. The Kier molecular flexibility index (Phi) is 3.25. The first kappa shape index (κ1) is 9.98. The lowest BCUT2D eigenvalue weighted by atomic mass is 10.5.